The molecule has 1 aliphatic carbocycles. The summed E-state index contributed by atoms with van der Waals surface area (Å²) in [6.45, 7) is 3.81. The number of nitrogens with two attached hydrogens (primary N) is 1. The van der Waals surface area contributed by atoms with Gasteiger partial charge in [0.1, 0.15) is 0 Å². The molecule has 0 saturated carbocycles. The number of fused-ring (bicyclic) bond motifs is 1. The summed E-state index contributed by atoms with van der Waals surface area (Å²) >= 11 is 1.61. The zero-order valence-corrected chi connectivity index (χ0v) is 12.6. The lowest BCUT2D eigenvalue weighted by atomic mass is 9.97. The maximum Gasteiger partial charge on any atom is 0.245 e. The molecular weight excluding hydrogens is 258 g/mol. The van der Waals surface area contributed by atoms with Gasteiger partial charge in [0, 0.05) is 4.88 Å². The van der Waals surface area contributed by atoms with Gasteiger partial charge in [-0.2, -0.15) is 0 Å². The van der Waals surface area contributed by atoms with Gasteiger partial charge in [0.05, 0.1) is 11.2 Å². The number of aromatic nitrogens is 1. The second-order valence-electron chi connectivity index (χ2n) is 5.57. The molecule has 1 aliphatic rings. The van der Waals surface area contributed by atoms with Crippen LogP contribution in [-0.4, -0.2) is 16.4 Å². The van der Waals surface area contributed by atoms with E-state index in [1.54, 1.807) is 18.3 Å². The maximum atomic E-state index is 12.1. The first-order valence-electron chi connectivity index (χ1n) is 7.12. The Labute approximate surface area is 118 Å². The van der Waals surface area contributed by atoms with Crippen LogP contribution in [0.15, 0.2) is 0 Å². The second kappa shape index (κ2) is 6.01. The van der Waals surface area contributed by atoms with Crippen LogP contribution in [0.2, 0.25) is 0 Å². The van der Waals surface area contributed by atoms with Gasteiger partial charge >= 0.3 is 0 Å². The van der Waals surface area contributed by atoms with Crippen LogP contribution in [0, 0.1) is 0 Å². The third kappa shape index (κ3) is 3.54. The molecule has 0 spiro atoms. The number of hydrogen-bond donors (Lipinski definition) is 2. The molecule has 0 aliphatic heterocycles. The topological polar surface area (TPSA) is 68.0 Å². The summed E-state index contributed by atoms with van der Waals surface area (Å²) in [5.74, 6) is -0.127. The molecule has 5 heteroatoms. The molecule has 1 aromatic heterocycles. The van der Waals surface area contributed by atoms with Crippen LogP contribution in [-0.2, 0) is 17.6 Å². The lowest BCUT2D eigenvalue weighted by molar-refractivity contribution is -0.120. The van der Waals surface area contributed by atoms with Gasteiger partial charge in [-0.1, -0.05) is 19.8 Å². The van der Waals surface area contributed by atoms with Crippen LogP contribution in [0.1, 0.15) is 56.5 Å². The monoisotopic (exact) mass is 281 g/mol. The molecule has 106 valence electrons. The van der Waals surface area contributed by atoms with Crippen molar-refractivity contribution in [1.82, 2.24) is 4.98 Å². The minimum atomic E-state index is -0.808. The van der Waals surface area contributed by atoms with Gasteiger partial charge in [-0.15, -0.1) is 11.3 Å². The summed E-state index contributed by atoms with van der Waals surface area (Å²) in [5, 5.41) is 3.60. The summed E-state index contributed by atoms with van der Waals surface area (Å²) in [6, 6.07) is 0. The molecule has 0 bridgehead atoms. The average Bonchev–Trinajstić information content (AvgIpc) is 2.58. The minimum absolute atomic E-state index is 0.127. The third-order valence-corrected chi connectivity index (χ3v) is 4.68. The Bertz CT molecular complexity index is 430. The number of amides is 1. The van der Waals surface area contributed by atoms with Gasteiger partial charge in [-0.25, -0.2) is 4.98 Å². The van der Waals surface area contributed by atoms with Crippen LogP contribution >= 0.6 is 11.3 Å². The largest absolute Gasteiger partial charge is 0.318 e. The highest BCUT2D eigenvalue weighted by Gasteiger charge is 2.28. The van der Waals surface area contributed by atoms with Gasteiger partial charge in [0.15, 0.2) is 5.13 Å². The number of carbonyl (C=O) groups is 1. The van der Waals surface area contributed by atoms with E-state index in [1.165, 1.54) is 29.8 Å². The molecule has 2 rings (SSSR count). The number of aryl methyl sites for hydroxylation is 2. The Morgan fingerprint density at radius 1 is 1.42 bits per heavy atom. The molecule has 1 amide bonds. The van der Waals surface area contributed by atoms with Crippen LogP contribution in [0.3, 0.4) is 0 Å². The smallest absolute Gasteiger partial charge is 0.245 e. The summed E-state index contributed by atoms with van der Waals surface area (Å²) < 4.78 is 0. The van der Waals surface area contributed by atoms with Crippen molar-refractivity contribution in [3.8, 4) is 0 Å². The van der Waals surface area contributed by atoms with Crippen LogP contribution in [0.25, 0.3) is 0 Å². The Morgan fingerprint density at radius 3 is 2.89 bits per heavy atom. The van der Waals surface area contributed by atoms with Crippen LogP contribution in [0.4, 0.5) is 5.13 Å². The number of anilines is 1. The summed E-state index contributed by atoms with van der Waals surface area (Å²) in [4.78, 5) is 18.0. The fraction of sp³-hybridized carbons (Fsp3) is 0.714. The molecule has 4 nitrogen and oxygen atoms in total. The van der Waals surface area contributed by atoms with Crippen molar-refractivity contribution in [3.63, 3.8) is 0 Å². The van der Waals surface area contributed by atoms with Crippen LogP contribution in [0.5, 0.6) is 0 Å². The summed E-state index contributed by atoms with van der Waals surface area (Å²) in [7, 11) is 0. The molecule has 19 heavy (non-hydrogen) atoms. The average molecular weight is 281 g/mol. The van der Waals surface area contributed by atoms with E-state index in [0.717, 1.165) is 19.3 Å². The summed E-state index contributed by atoms with van der Waals surface area (Å²) in [6.07, 6.45) is 7.43. The van der Waals surface area contributed by atoms with Crippen molar-refractivity contribution in [2.24, 2.45) is 5.73 Å². The van der Waals surface area contributed by atoms with Crippen LogP contribution < -0.4 is 11.1 Å². The molecule has 1 unspecified atom stereocenters. The number of nitrogens with zero attached hydrogens (tertiary/aromatic N) is 1. The van der Waals surface area contributed by atoms with Crippen molar-refractivity contribution >= 4 is 22.4 Å². The molecule has 1 atom stereocenters. The van der Waals surface area contributed by atoms with E-state index >= 15 is 0 Å². The van der Waals surface area contributed by atoms with E-state index < -0.39 is 5.54 Å². The molecule has 1 aromatic rings. The van der Waals surface area contributed by atoms with E-state index in [1.807, 2.05) is 6.92 Å². The fourth-order valence-electron chi connectivity index (χ4n) is 2.46. The molecule has 0 saturated heterocycles. The number of nitrogens with one attached hydrogen (secondary N) is 1. The number of rotatable bonds is 4. The highest BCUT2D eigenvalue weighted by atomic mass is 32.1. The quantitative estimate of drug-likeness (QED) is 0.834. The van der Waals surface area contributed by atoms with Crippen molar-refractivity contribution < 1.29 is 4.79 Å². The van der Waals surface area contributed by atoms with Crippen molar-refractivity contribution in [3.05, 3.63) is 10.6 Å². The van der Waals surface area contributed by atoms with Gasteiger partial charge in [0.2, 0.25) is 5.91 Å². The maximum absolute atomic E-state index is 12.1. The zero-order chi connectivity index (χ0) is 13.9. The first-order valence-corrected chi connectivity index (χ1v) is 7.93. The van der Waals surface area contributed by atoms with E-state index in [4.69, 9.17) is 5.73 Å². The highest BCUT2D eigenvalue weighted by Crippen LogP contribution is 2.29. The second-order valence-corrected chi connectivity index (χ2v) is 6.65. The summed E-state index contributed by atoms with van der Waals surface area (Å²) in [5.41, 5.74) is 6.40. The van der Waals surface area contributed by atoms with Crippen molar-refractivity contribution in [2.45, 2.75) is 64.3 Å². The van der Waals surface area contributed by atoms with Gasteiger partial charge < -0.3 is 11.1 Å². The Hall–Kier alpha value is -0.940. The molecule has 0 radical (unpaired) electrons. The molecule has 0 fully saturated rings. The van der Waals surface area contributed by atoms with E-state index in [9.17, 15) is 4.79 Å². The fourth-order valence-corrected chi connectivity index (χ4v) is 3.50. The minimum Gasteiger partial charge on any atom is -0.318 e. The highest BCUT2D eigenvalue weighted by molar-refractivity contribution is 7.15. The molecule has 0 aromatic carbocycles. The first-order chi connectivity index (χ1) is 9.03. The Balaban J connectivity index is 2.05. The van der Waals surface area contributed by atoms with E-state index in [-0.39, 0.29) is 5.91 Å². The van der Waals surface area contributed by atoms with Crippen molar-refractivity contribution in [2.75, 3.05) is 5.32 Å². The van der Waals surface area contributed by atoms with Gasteiger partial charge in [-0.3, -0.25) is 4.79 Å². The van der Waals surface area contributed by atoms with Crippen molar-refractivity contribution in [1.29, 1.82) is 0 Å². The van der Waals surface area contributed by atoms with Gasteiger partial charge in [0.25, 0.3) is 0 Å². The predicted molar refractivity (Wildman–Crippen MR) is 79.5 cm³/mol. The normalized spacial score (nSPS) is 18.3. The molecule has 1 heterocycles. The lowest BCUT2D eigenvalue weighted by Crippen LogP contribution is -2.48. The zero-order valence-electron chi connectivity index (χ0n) is 11.8. The molecule has 3 N–H and O–H groups in total. The standard InChI is InChI=1S/C14H23N3OS/c1-3-9-14(2,15)12(18)17-13-16-10-7-5-4-6-8-11(10)19-13/h3-9,15H2,1-2H3,(H,16,17,18). The molecular formula is C14H23N3OS. The number of carbonyl (C=O) groups excluding carboxylic acids is 1. The van der Waals surface area contributed by atoms with Gasteiger partial charge in [-0.05, 0) is 39.0 Å². The third-order valence-electron chi connectivity index (χ3n) is 3.60. The predicted octanol–water partition coefficient (Wildman–Crippen LogP) is 2.87. The Kier molecular flexibility index (Phi) is 4.58. The number of thiazole rings is 1. The Morgan fingerprint density at radius 2 is 2.16 bits per heavy atom. The van der Waals surface area contributed by atoms with E-state index in [2.05, 4.69) is 10.3 Å². The SMILES string of the molecule is CCCC(C)(N)C(=O)Nc1nc2c(s1)CCCCC2. The first kappa shape index (κ1) is 14.5. The van der Waals surface area contributed by atoms with E-state index in [0.29, 0.717) is 11.6 Å². The number of hydrogen-bond acceptors (Lipinski definition) is 4. The lowest BCUT2D eigenvalue weighted by Gasteiger charge is -2.21.